The standard InChI is InChI=1S/C14H20N6O2/c1-4-20-11(7-8(2)19-20)14(21)16-10-5-6-22-12(10)13-15-9(3)17-18-13/h7,10,12H,4-6H2,1-3H3,(H,16,21)(H,15,17,18)/t10-,12+/m0/s1. The van der Waals surface area contributed by atoms with Crippen molar-refractivity contribution < 1.29 is 9.53 Å². The molecule has 1 fully saturated rings. The summed E-state index contributed by atoms with van der Waals surface area (Å²) in [4.78, 5) is 16.8. The number of H-pyrrole nitrogens is 1. The number of hydrogen-bond donors (Lipinski definition) is 2. The summed E-state index contributed by atoms with van der Waals surface area (Å²) in [6.45, 7) is 6.90. The highest BCUT2D eigenvalue weighted by Crippen LogP contribution is 2.27. The van der Waals surface area contributed by atoms with Crippen LogP contribution in [0, 0.1) is 13.8 Å². The lowest BCUT2D eigenvalue weighted by atomic mass is 10.1. The van der Waals surface area contributed by atoms with E-state index < -0.39 is 0 Å². The van der Waals surface area contributed by atoms with Crippen molar-refractivity contribution in [2.45, 2.75) is 45.9 Å². The highest BCUT2D eigenvalue weighted by atomic mass is 16.5. The van der Waals surface area contributed by atoms with E-state index in [1.54, 1.807) is 10.7 Å². The van der Waals surface area contributed by atoms with Gasteiger partial charge in [-0.1, -0.05) is 0 Å². The minimum absolute atomic E-state index is 0.136. The number of carbonyl (C=O) groups excluding carboxylic acids is 1. The van der Waals surface area contributed by atoms with E-state index in [-0.39, 0.29) is 18.1 Å². The number of hydrogen-bond acceptors (Lipinski definition) is 5. The van der Waals surface area contributed by atoms with Gasteiger partial charge in [0.25, 0.3) is 5.91 Å². The summed E-state index contributed by atoms with van der Waals surface area (Å²) in [5.41, 5.74) is 1.40. The molecule has 0 saturated carbocycles. The summed E-state index contributed by atoms with van der Waals surface area (Å²) >= 11 is 0. The summed E-state index contributed by atoms with van der Waals surface area (Å²) in [5, 5.41) is 14.3. The zero-order chi connectivity index (χ0) is 15.7. The zero-order valence-electron chi connectivity index (χ0n) is 13.0. The maximum absolute atomic E-state index is 12.5. The van der Waals surface area contributed by atoms with Gasteiger partial charge in [-0.2, -0.15) is 10.2 Å². The molecule has 0 aromatic carbocycles. The molecule has 1 aliphatic heterocycles. The number of carbonyl (C=O) groups is 1. The van der Waals surface area contributed by atoms with Crippen molar-refractivity contribution in [3.8, 4) is 0 Å². The number of aromatic nitrogens is 5. The number of rotatable bonds is 4. The first-order chi connectivity index (χ1) is 10.6. The van der Waals surface area contributed by atoms with Crippen LogP contribution in [0.4, 0.5) is 0 Å². The first-order valence-electron chi connectivity index (χ1n) is 7.44. The van der Waals surface area contributed by atoms with Crippen molar-refractivity contribution >= 4 is 5.91 Å². The Morgan fingerprint density at radius 2 is 2.36 bits per heavy atom. The number of aryl methyl sites for hydroxylation is 3. The molecule has 2 aromatic heterocycles. The van der Waals surface area contributed by atoms with Gasteiger partial charge in [0.2, 0.25) is 0 Å². The van der Waals surface area contributed by atoms with Gasteiger partial charge in [0.15, 0.2) is 5.82 Å². The highest BCUT2D eigenvalue weighted by Gasteiger charge is 2.34. The van der Waals surface area contributed by atoms with E-state index in [1.807, 2.05) is 20.8 Å². The van der Waals surface area contributed by atoms with E-state index in [0.717, 1.165) is 17.9 Å². The van der Waals surface area contributed by atoms with Crippen molar-refractivity contribution in [1.29, 1.82) is 0 Å². The Labute approximate surface area is 128 Å². The van der Waals surface area contributed by atoms with Gasteiger partial charge in [-0.25, -0.2) is 4.98 Å². The SMILES string of the molecule is CCn1nc(C)cc1C(=O)N[C@H]1CCO[C@H]1c1n[nH]c(C)n1. The predicted octanol–water partition coefficient (Wildman–Crippen LogP) is 0.898. The molecule has 1 aliphatic rings. The van der Waals surface area contributed by atoms with Crippen LogP contribution in [-0.2, 0) is 11.3 Å². The van der Waals surface area contributed by atoms with Crippen LogP contribution in [0.15, 0.2) is 6.07 Å². The van der Waals surface area contributed by atoms with E-state index in [2.05, 4.69) is 25.6 Å². The molecule has 0 unspecified atom stereocenters. The average molecular weight is 304 g/mol. The summed E-state index contributed by atoms with van der Waals surface area (Å²) < 4.78 is 7.38. The van der Waals surface area contributed by atoms with E-state index in [9.17, 15) is 4.79 Å². The molecule has 1 saturated heterocycles. The lowest BCUT2D eigenvalue weighted by molar-refractivity contribution is 0.0785. The second kappa shape index (κ2) is 5.88. The van der Waals surface area contributed by atoms with Crippen LogP contribution in [0.25, 0.3) is 0 Å². The van der Waals surface area contributed by atoms with Crippen molar-refractivity contribution in [3.05, 3.63) is 29.1 Å². The van der Waals surface area contributed by atoms with E-state index >= 15 is 0 Å². The second-order valence-electron chi connectivity index (χ2n) is 5.43. The van der Waals surface area contributed by atoms with Crippen molar-refractivity contribution in [2.75, 3.05) is 6.61 Å². The summed E-state index contributed by atoms with van der Waals surface area (Å²) in [6, 6.07) is 1.66. The largest absolute Gasteiger partial charge is 0.368 e. The van der Waals surface area contributed by atoms with E-state index in [1.165, 1.54) is 0 Å². The third-order valence-electron chi connectivity index (χ3n) is 3.71. The van der Waals surface area contributed by atoms with Gasteiger partial charge in [0.1, 0.15) is 17.6 Å². The molecule has 2 N–H and O–H groups in total. The Bertz CT molecular complexity index is 677. The van der Waals surface area contributed by atoms with Gasteiger partial charge in [-0.3, -0.25) is 14.6 Å². The Balaban J connectivity index is 1.75. The van der Waals surface area contributed by atoms with Gasteiger partial charge in [0.05, 0.1) is 11.7 Å². The Morgan fingerprint density at radius 3 is 3.05 bits per heavy atom. The molecule has 0 radical (unpaired) electrons. The summed E-state index contributed by atoms with van der Waals surface area (Å²) in [5.74, 6) is 1.17. The third-order valence-corrected chi connectivity index (χ3v) is 3.71. The molecule has 3 rings (SSSR count). The molecule has 8 nitrogen and oxygen atoms in total. The van der Waals surface area contributed by atoms with Crippen LogP contribution >= 0.6 is 0 Å². The van der Waals surface area contributed by atoms with Gasteiger partial charge < -0.3 is 10.1 Å². The fraction of sp³-hybridized carbons (Fsp3) is 0.571. The van der Waals surface area contributed by atoms with Crippen LogP contribution < -0.4 is 5.32 Å². The van der Waals surface area contributed by atoms with Crippen molar-refractivity contribution in [3.63, 3.8) is 0 Å². The minimum atomic E-state index is -0.312. The highest BCUT2D eigenvalue weighted by molar-refractivity contribution is 5.93. The number of aromatic amines is 1. The fourth-order valence-corrected chi connectivity index (χ4v) is 2.69. The first-order valence-corrected chi connectivity index (χ1v) is 7.44. The molecule has 118 valence electrons. The smallest absolute Gasteiger partial charge is 0.269 e. The van der Waals surface area contributed by atoms with Crippen LogP contribution in [0.1, 0.15) is 47.3 Å². The summed E-state index contributed by atoms with van der Waals surface area (Å²) in [7, 11) is 0. The van der Waals surface area contributed by atoms with Gasteiger partial charge in [-0.15, -0.1) is 0 Å². The van der Waals surface area contributed by atoms with Crippen molar-refractivity contribution in [1.82, 2.24) is 30.3 Å². The Hall–Kier alpha value is -2.22. The fourth-order valence-electron chi connectivity index (χ4n) is 2.69. The molecule has 2 atom stereocenters. The number of amides is 1. The van der Waals surface area contributed by atoms with Gasteiger partial charge >= 0.3 is 0 Å². The number of ether oxygens (including phenoxy) is 1. The molecule has 22 heavy (non-hydrogen) atoms. The molecule has 0 aliphatic carbocycles. The Kier molecular flexibility index (Phi) is 3.93. The molecular weight excluding hydrogens is 284 g/mol. The van der Waals surface area contributed by atoms with Crippen LogP contribution in [-0.4, -0.2) is 43.5 Å². The Morgan fingerprint density at radius 1 is 1.55 bits per heavy atom. The quantitative estimate of drug-likeness (QED) is 0.874. The number of nitrogens with one attached hydrogen (secondary N) is 2. The average Bonchev–Trinajstić information content (AvgIpc) is 3.18. The maximum atomic E-state index is 12.5. The van der Waals surface area contributed by atoms with Crippen LogP contribution in [0.2, 0.25) is 0 Å². The molecule has 8 heteroatoms. The first kappa shape index (κ1) is 14.7. The summed E-state index contributed by atoms with van der Waals surface area (Å²) in [6.07, 6.45) is 0.427. The monoisotopic (exact) mass is 304 g/mol. The molecule has 2 aromatic rings. The topological polar surface area (TPSA) is 97.7 Å². The molecule has 3 heterocycles. The molecule has 1 amide bonds. The lowest BCUT2D eigenvalue weighted by Gasteiger charge is -2.17. The number of nitrogens with zero attached hydrogens (tertiary/aromatic N) is 4. The third kappa shape index (κ3) is 2.74. The lowest BCUT2D eigenvalue weighted by Crippen LogP contribution is -2.38. The molecular formula is C14H20N6O2. The van der Waals surface area contributed by atoms with Crippen LogP contribution in [0.3, 0.4) is 0 Å². The normalized spacial score (nSPS) is 21.2. The predicted molar refractivity (Wildman–Crippen MR) is 78.3 cm³/mol. The maximum Gasteiger partial charge on any atom is 0.269 e. The minimum Gasteiger partial charge on any atom is -0.368 e. The van der Waals surface area contributed by atoms with Gasteiger partial charge in [-0.05, 0) is 33.3 Å². The zero-order valence-corrected chi connectivity index (χ0v) is 13.0. The molecule has 0 spiro atoms. The van der Waals surface area contributed by atoms with Gasteiger partial charge in [0, 0.05) is 13.2 Å². The van der Waals surface area contributed by atoms with Crippen LogP contribution in [0.5, 0.6) is 0 Å². The molecule has 0 bridgehead atoms. The van der Waals surface area contributed by atoms with E-state index in [0.29, 0.717) is 24.7 Å². The van der Waals surface area contributed by atoms with Crippen molar-refractivity contribution in [2.24, 2.45) is 0 Å². The second-order valence-corrected chi connectivity index (χ2v) is 5.43. The van der Waals surface area contributed by atoms with E-state index in [4.69, 9.17) is 4.74 Å².